The molecule has 1 N–H and O–H groups in total. The summed E-state index contributed by atoms with van der Waals surface area (Å²) in [5.74, 6) is 0.777. The maximum absolute atomic E-state index is 12.5. The fourth-order valence-corrected chi connectivity index (χ4v) is 3.85. The van der Waals surface area contributed by atoms with E-state index in [2.05, 4.69) is 10.3 Å². The van der Waals surface area contributed by atoms with Gasteiger partial charge in [-0.15, -0.1) is 0 Å². The molecule has 1 saturated heterocycles. The third-order valence-corrected chi connectivity index (χ3v) is 5.23. The van der Waals surface area contributed by atoms with Gasteiger partial charge in [-0.05, 0) is 6.92 Å². The molecule has 0 saturated carbocycles. The van der Waals surface area contributed by atoms with Crippen molar-refractivity contribution in [3.8, 4) is 0 Å². The number of aromatic nitrogens is 2. The molecule has 0 spiro atoms. The van der Waals surface area contributed by atoms with Crippen molar-refractivity contribution in [2.75, 3.05) is 38.6 Å². The van der Waals surface area contributed by atoms with Crippen LogP contribution in [-0.2, 0) is 21.8 Å². The molecule has 1 aromatic rings. The minimum Gasteiger partial charge on any atom is -0.381 e. The molecular weight excluding hydrogens is 280 g/mol. The summed E-state index contributed by atoms with van der Waals surface area (Å²) in [6, 6.07) is -0.254. The van der Waals surface area contributed by atoms with Gasteiger partial charge in [0.1, 0.15) is 5.82 Å². The lowest BCUT2D eigenvalue weighted by atomic mass is 10.2. The van der Waals surface area contributed by atoms with Gasteiger partial charge in [-0.25, -0.2) is 13.4 Å². The largest absolute Gasteiger partial charge is 0.381 e. The first-order valence-corrected chi connectivity index (χ1v) is 8.42. The van der Waals surface area contributed by atoms with Crippen molar-refractivity contribution in [3.63, 3.8) is 0 Å². The van der Waals surface area contributed by atoms with Crippen LogP contribution in [0.1, 0.15) is 18.8 Å². The number of hydrogen-bond donors (Lipinski definition) is 1. The molecule has 1 atom stereocenters. The number of imidazole rings is 1. The SMILES string of the molecule is CCOCCS(=O)(=O)N1CCNCC1c1nccn1C. The summed E-state index contributed by atoms with van der Waals surface area (Å²) in [6.45, 7) is 4.32. The van der Waals surface area contributed by atoms with E-state index < -0.39 is 10.0 Å². The Morgan fingerprint density at radius 2 is 2.35 bits per heavy atom. The summed E-state index contributed by atoms with van der Waals surface area (Å²) in [5.41, 5.74) is 0. The second kappa shape index (κ2) is 6.66. The van der Waals surface area contributed by atoms with Gasteiger partial charge < -0.3 is 14.6 Å². The summed E-state index contributed by atoms with van der Waals surface area (Å²) >= 11 is 0. The van der Waals surface area contributed by atoms with E-state index in [-0.39, 0.29) is 18.4 Å². The van der Waals surface area contributed by atoms with E-state index in [9.17, 15) is 8.42 Å². The fraction of sp³-hybridized carbons (Fsp3) is 0.750. The molecule has 0 aromatic carbocycles. The second-order valence-electron chi connectivity index (χ2n) is 4.74. The third kappa shape index (κ3) is 3.38. The summed E-state index contributed by atoms with van der Waals surface area (Å²) in [4.78, 5) is 4.29. The van der Waals surface area contributed by atoms with Gasteiger partial charge in [-0.1, -0.05) is 0 Å². The molecule has 1 aliphatic heterocycles. The van der Waals surface area contributed by atoms with E-state index in [0.717, 1.165) is 5.82 Å². The predicted octanol–water partition coefficient (Wildman–Crippen LogP) is -0.267. The number of rotatable bonds is 6. The first-order valence-electron chi connectivity index (χ1n) is 6.81. The molecule has 0 amide bonds. The Hall–Kier alpha value is -0.960. The van der Waals surface area contributed by atoms with Gasteiger partial charge >= 0.3 is 0 Å². The topological polar surface area (TPSA) is 76.5 Å². The van der Waals surface area contributed by atoms with Crippen molar-refractivity contribution < 1.29 is 13.2 Å². The van der Waals surface area contributed by atoms with Gasteiger partial charge in [0.15, 0.2) is 0 Å². The molecule has 7 nitrogen and oxygen atoms in total. The summed E-state index contributed by atoms with van der Waals surface area (Å²) in [7, 11) is -1.46. The lowest BCUT2D eigenvalue weighted by Gasteiger charge is -2.34. The van der Waals surface area contributed by atoms with Crippen molar-refractivity contribution in [2.45, 2.75) is 13.0 Å². The number of ether oxygens (including phenoxy) is 1. The molecule has 1 unspecified atom stereocenters. The zero-order valence-electron chi connectivity index (χ0n) is 11.9. The van der Waals surface area contributed by atoms with E-state index in [4.69, 9.17) is 4.74 Å². The van der Waals surface area contributed by atoms with E-state index in [1.165, 1.54) is 0 Å². The summed E-state index contributed by atoms with van der Waals surface area (Å²) in [6.07, 6.45) is 3.52. The van der Waals surface area contributed by atoms with Gasteiger partial charge in [0.2, 0.25) is 10.0 Å². The first kappa shape index (κ1) is 15.4. The summed E-state index contributed by atoms with van der Waals surface area (Å²) in [5, 5.41) is 3.23. The molecule has 0 bridgehead atoms. The van der Waals surface area contributed by atoms with Crippen molar-refractivity contribution in [2.24, 2.45) is 7.05 Å². The standard InChI is InChI=1S/C12H22N4O3S/c1-3-19-8-9-20(17,18)16-7-4-13-10-11(16)12-14-5-6-15(12)2/h5-6,11,13H,3-4,7-10H2,1-2H3. The molecule has 0 radical (unpaired) electrons. The highest BCUT2D eigenvalue weighted by molar-refractivity contribution is 7.89. The Balaban J connectivity index is 2.16. The van der Waals surface area contributed by atoms with Crippen LogP contribution in [0.5, 0.6) is 0 Å². The molecule has 1 fully saturated rings. The zero-order valence-corrected chi connectivity index (χ0v) is 12.8. The van der Waals surface area contributed by atoms with Crippen molar-refractivity contribution >= 4 is 10.0 Å². The average molecular weight is 302 g/mol. The Morgan fingerprint density at radius 3 is 3.00 bits per heavy atom. The highest BCUT2D eigenvalue weighted by Crippen LogP contribution is 2.23. The van der Waals surface area contributed by atoms with Crippen LogP contribution in [0, 0.1) is 0 Å². The van der Waals surface area contributed by atoms with Crippen molar-refractivity contribution in [1.82, 2.24) is 19.2 Å². The highest BCUT2D eigenvalue weighted by atomic mass is 32.2. The van der Waals surface area contributed by atoms with Gasteiger partial charge in [0.05, 0.1) is 18.4 Å². The molecule has 2 rings (SSSR count). The van der Waals surface area contributed by atoms with Crippen LogP contribution in [0.2, 0.25) is 0 Å². The number of aryl methyl sites for hydroxylation is 1. The maximum atomic E-state index is 12.5. The fourth-order valence-electron chi connectivity index (χ4n) is 2.36. The van der Waals surface area contributed by atoms with E-state index >= 15 is 0 Å². The number of hydrogen-bond acceptors (Lipinski definition) is 5. The average Bonchev–Trinajstić information content (AvgIpc) is 2.85. The number of sulfonamides is 1. The molecule has 0 aliphatic carbocycles. The van der Waals surface area contributed by atoms with Crippen LogP contribution in [0.3, 0.4) is 0 Å². The quantitative estimate of drug-likeness (QED) is 0.732. The van der Waals surface area contributed by atoms with Gasteiger partial charge in [0, 0.05) is 45.7 Å². The Bertz CT molecular complexity index is 529. The van der Waals surface area contributed by atoms with Crippen LogP contribution in [-0.4, -0.2) is 60.9 Å². The Labute approximate surface area is 120 Å². The number of nitrogens with zero attached hydrogens (tertiary/aromatic N) is 3. The molecule has 1 aromatic heterocycles. The summed E-state index contributed by atoms with van der Waals surface area (Å²) < 4.78 is 33.5. The van der Waals surface area contributed by atoms with Gasteiger partial charge in [0.25, 0.3) is 0 Å². The Kier molecular flexibility index (Phi) is 5.14. The molecular formula is C12H22N4O3S. The number of piperazine rings is 1. The predicted molar refractivity (Wildman–Crippen MR) is 75.8 cm³/mol. The maximum Gasteiger partial charge on any atom is 0.217 e. The number of nitrogens with one attached hydrogen (secondary N) is 1. The third-order valence-electron chi connectivity index (χ3n) is 3.40. The smallest absolute Gasteiger partial charge is 0.217 e. The van der Waals surface area contributed by atoms with Crippen molar-refractivity contribution in [1.29, 1.82) is 0 Å². The van der Waals surface area contributed by atoms with Crippen LogP contribution >= 0.6 is 0 Å². The molecule has 2 heterocycles. The Morgan fingerprint density at radius 1 is 1.55 bits per heavy atom. The van der Waals surface area contributed by atoms with E-state index in [1.54, 1.807) is 10.5 Å². The minimum absolute atomic E-state index is 0.0156. The molecule has 1 aliphatic rings. The lowest BCUT2D eigenvalue weighted by molar-refractivity contribution is 0.161. The zero-order chi connectivity index (χ0) is 14.6. The van der Waals surface area contributed by atoms with Crippen LogP contribution < -0.4 is 5.32 Å². The minimum atomic E-state index is -3.33. The lowest BCUT2D eigenvalue weighted by Crippen LogP contribution is -2.50. The first-order chi connectivity index (χ1) is 9.56. The monoisotopic (exact) mass is 302 g/mol. The van der Waals surface area contributed by atoms with Gasteiger partial charge in [-0.3, -0.25) is 0 Å². The van der Waals surface area contributed by atoms with Crippen LogP contribution in [0.4, 0.5) is 0 Å². The second-order valence-corrected chi connectivity index (χ2v) is 6.78. The van der Waals surface area contributed by atoms with Gasteiger partial charge in [-0.2, -0.15) is 4.31 Å². The van der Waals surface area contributed by atoms with Crippen LogP contribution in [0.25, 0.3) is 0 Å². The molecule has 114 valence electrons. The molecule has 8 heteroatoms. The van der Waals surface area contributed by atoms with Crippen molar-refractivity contribution in [3.05, 3.63) is 18.2 Å². The van der Waals surface area contributed by atoms with E-state index in [0.29, 0.717) is 26.2 Å². The highest BCUT2D eigenvalue weighted by Gasteiger charge is 2.34. The molecule has 20 heavy (non-hydrogen) atoms. The van der Waals surface area contributed by atoms with E-state index in [1.807, 2.05) is 24.7 Å². The normalized spacial score (nSPS) is 21.2. The van der Waals surface area contributed by atoms with Crippen LogP contribution in [0.15, 0.2) is 12.4 Å².